The van der Waals surface area contributed by atoms with Crippen LogP contribution in [0.3, 0.4) is 0 Å². The number of piperidine rings is 1. The predicted molar refractivity (Wildman–Crippen MR) is 91.6 cm³/mol. The summed E-state index contributed by atoms with van der Waals surface area (Å²) >= 11 is 1.60. The number of nitrogens with zero attached hydrogens (tertiary/aromatic N) is 3. The van der Waals surface area contributed by atoms with Crippen LogP contribution in [0.5, 0.6) is 0 Å². The largest absolute Gasteiger partial charge is 0.368 e. The minimum atomic E-state index is -0.257. The number of amides is 2. The highest BCUT2D eigenvalue weighted by molar-refractivity contribution is 7.09. The van der Waals surface area contributed by atoms with Gasteiger partial charge in [-0.2, -0.15) is 0 Å². The molecule has 2 aliphatic rings. The predicted octanol–water partition coefficient (Wildman–Crippen LogP) is 1.83. The molecule has 7 heteroatoms. The van der Waals surface area contributed by atoms with E-state index in [0.717, 1.165) is 36.4 Å². The van der Waals surface area contributed by atoms with E-state index in [4.69, 9.17) is 4.74 Å². The first-order chi connectivity index (χ1) is 11.5. The highest BCUT2D eigenvalue weighted by Crippen LogP contribution is 2.23. The van der Waals surface area contributed by atoms with Crippen molar-refractivity contribution in [2.45, 2.75) is 45.3 Å². The van der Waals surface area contributed by atoms with E-state index < -0.39 is 0 Å². The molecule has 3 heterocycles. The molecular weight excluding hydrogens is 326 g/mol. The summed E-state index contributed by atoms with van der Waals surface area (Å²) < 4.78 is 5.48. The van der Waals surface area contributed by atoms with Gasteiger partial charge in [-0.15, -0.1) is 11.3 Å². The van der Waals surface area contributed by atoms with Crippen LogP contribution in [0.15, 0.2) is 5.38 Å². The van der Waals surface area contributed by atoms with Gasteiger partial charge in [-0.3, -0.25) is 9.59 Å². The zero-order chi connectivity index (χ0) is 17.1. The molecule has 132 valence electrons. The van der Waals surface area contributed by atoms with E-state index in [2.05, 4.69) is 4.98 Å². The van der Waals surface area contributed by atoms with E-state index in [1.807, 2.05) is 24.3 Å². The molecule has 2 fully saturated rings. The number of likely N-dealkylation sites (tertiary alicyclic amines) is 1. The molecule has 2 aliphatic heterocycles. The van der Waals surface area contributed by atoms with Crippen LogP contribution in [0.1, 0.15) is 36.4 Å². The van der Waals surface area contributed by atoms with Crippen molar-refractivity contribution in [2.75, 3.05) is 26.7 Å². The number of rotatable bonds is 4. The topological polar surface area (TPSA) is 62.7 Å². The van der Waals surface area contributed by atoms with Gasteiger partial charge in [0.2, 0.25) is 5.91 Å². The molecular formula is C17H25N3O3S. The van der Waals surface area contributed by atoms with Crippen molar-refractivity contribution >= 4 is 23.2 Å². The first-order valence-corrected chi connectivity index (χ1v) is 9.49. The maximum Gasteiger partial charge on any atom is 0.251 e. The van der Waals surface area contributed by atoms with Crippen LogP contribution in [0.25, 0.3) is 0 Å². The average Bonchev–Trinajstić information content (AvgIpc) is 3.25. The van der Waals surface area contributed by atoms with Gasteiger partial charge >= 0.3 is 0 Å². The van der Waals surface area contributed by atoms with E-state index in [1.165, 1.54) is 0 Å². The molecule has 0 spiro atoms. The summed E-state index contributed by atoms with van der Waals surface area (Å²) in [6, 6.07) is 0. The molecule has 0 aliphatic carbocycles. The normalized spacial score (nSPS) is 21.9. The third-order valence-electron chi connectivity index (χ3n) is 4.80. The number of thiazole rings is 1. The van der Waals surface area contributed by atoms with Crippen LogP contribution in [0.4, 0.5) is 0 Å². The molecule has 0 radical (unpaired) electrons. The number of aryl methyl sites for hydroxylation is 1. The van der Waals surface area contributed by atoms with Crippen LogP contribution in [-0.2, 0) is 20.9 Å². The molecule has 1 aromatic heterocycles. The van der Waals surface area contributed by atoms with E-state index in [-0.39, 0.29) is 23.8 Å². The van der Waals surface area contributed by atoms with Crippen molar-refractivity contribution in [1.29, 1.82) is 0 Å². The molecule has 0 aromatic carbocycles. The van der Waals surface area contributed by atoms with Gasteiger partial charge < -0.3 is 14.5 Å². The van der Waals surface area contributed by atoms with Crippen LogP contribution >= 0.6 is 11.3 Å². The lowest BCUT2D eigenvalue weighted by Gasteiger charge is -2.34. The van der Waals surface area contributed by atoms with Gasteiger partial charge in [-0.25, -0.2) is 4.98 Å². The standard InChI is InChI=1S/C17H25N3O3S/c1-12-18-14(11-24-12)10-19(2)16(21)13-5-7-20(8-6-13)17(22)15-4-3-9-23-15/h11,13,15H,3-10H2,1-2H3/t15-/m1/s1. The van der Waals surface area contributed by atoms with Crippen LogP contribution in [0.2, 0.25) is 0 Å². The number of hydrogen-bond acceptors (Lipinski definition) is 5. The average molecular weight is 351 g/mol. The molecule has 0 bridgehead atoms. The maximum absolute atomic E-state index is 12.6. The fourth-order valence-electron chi connectivity index (χ4n) is 3.44. The Morgan fingerprint density at radius 2 is 2.12 bits per heavy atom. The lowest BCUT2D eigenvalue weighted by molar-refractivity contribution is -0.145. The Balaban J connectivity index is 1.48. The van der Waals surface area contributed by atoms with Crippen molar-refractivity contribution in [3.63, 3.8) is 0 Å². The quantitative estimate of drug-likeness (QED) is 0.830. The second-order valence-electron chi connectivity index (χ2n) is 6.65. The molecule has 3 rings (SSSR count). The first-order valence-electron chi connectivity index (χ1n) is 8.61. The van der Waals surface area contributed by atoms with E-state index >= 15 is 0 Å². The van der Waals surface area contributed by atoms with Crippen LogP contribution in [-0.4, -0.2) is 59.4 Å². The summed E-state index contributed by atoms with van der Waals surface area (Å²) in [5, 5.41) is 3.02. The summed E-state index contributed by atoms with van der Waals surface area (Å²) in [4.78, 5) is 33.0. The van der Waals surface area contributed by atoms with Gasteiger partial charge in [0.05, 0.1) is 17.2 Å². The number of ether oxygens (including phenoxy) is 1. The molecule has 2 saturated heterocycles. The van der Waals surface area contributed by atoms with Crippen LogP contribution < -0.4 is 0 Å². The molecule has 1 aromatic rings. The van der Waals surface area contributed by atoms with E-state index in [1.54, 1.807) is 16.2 Å². The number of hydrogen-bond donors (Lipinski definition) is 0. The van der Waals surface area contributed by atoms with Crippen molar-refractivity contribution in [3.05, 3.63) is 16.1 Å². The van der Waals surface area contributed by atoms with Crippen LogP contribution in [0, 0.1) is 12.8 Å². The number of carbonyl (C=O) groups is 2. The second-order valence-corrected chi connectivity index (χ2v) is 7.72. The van der Waals surface area contributed by atoms with Crippen molar-refractivity contribution in [1.82, 2.24) is 14.8 Å². The molecule has 2 amide bonds. The fourth-order valence-corrected chi connectivity index (χ4v) is 4.04. The number of carbonyl (C=O) groups excluding carboxylic acids is 2. The van der Waals surface area contributed by atoms with E-state index in [9.17, 15) is 9.59 Å². The maximum atomic E-state index is 12.6. The highest BCUT2D eigenvalue weighted by atomic mass is 32.1. The Morgan fingerprint density at radius 3 is 2.71 bits per heavy atom. The zero-order valence-electron chi connectivity index (χ0n) is 14.4. The Morgan fingerprint density at radius 1 is 1.38 bits per heavy atom. The highest BCUT2D eigenvalue weighted by Gasteiger charge is 2.33. The van der Waals surface area contributed by atoms with Crippen molar-refractivity contribution < 1.29 is 14.3 Å². The summed E-state index contributed by atoms with van der Waals surface area (Å²) in [5.41, 5.74) is 0.944. The molecule has 0 unspecified atom stereocenters. The van der Waals surface area contributed by atoms with Gasteiger partial charge in [0.1, 0.15) is 6.10 Å². The van der Waals surface area contributed by atoms with E-state index in [0.29, 0.717) is 26.2 Å². The molecule has 0 N–H and O–H groups in total. The molecule has 1 atom stereocenters. The van der Waals surface area contributed by atoms with Crippen molar-refractivity contribution in [3.8, 4) is 0 Å². The van der Waals surface area contributed by atoms with Crippen molar-refractivity contribution in [2.24, 2.45) is 5.92 Å². The SMILES string of the molecule is Cc1nc(CN(C)C(=O)C2CCN(C(=O)[C@H]3CCCO3)CC2)cs1. The van der Waals surface area contributed by atoms with Gasteiger partial charge in [-0.05, 0) is 32.6 Å². The second kappa shape index (κ2) is 7.61. The molecule has 6 nitrogen and oxygen atoms in total. The Bertz CT molecular complexity index is 590. The minimum Gasteiger partial charge on any atom is -0.368 e. The summed E-state index contributed by atoms with van der Waals surface area (Å²) in [6.07, 6.45) is 3.00. The summed E-state index contributed by atoms with van der Waals surface area (Å²) in [6.45, 7) is 4.51. The Kier molecular flexibility index (Phi) is 5.50. The lowest BCUT2D eigenvalue weighted by Crippen LogP contribution is -2.46. The van der Waals surface area contributed by atoms with Gasteiger partial charge in [0, 0.05) is 38.0 Å². The molecule has 0 saturated carbocycles. The first kappa shape index (κ1) is 17.4. The van der Waals surface area contributed by atoms with Gasteiger partial charge in [0.15, 0.2) is 0 Å². The third-order valence-corrected chi connectivity index (χ3v) is 5.63. The fraction of sp³-hybridized carbons (Fsp3) is 0.706. The minimum absolute atomic E-state index is 0.00304. The smallest absolute Gasteiger partial charge is 0.251 e. The summed E-state index contributed by atoms with van der Waals surface area (Å²) in [7, 11) is 1.83. The Hall–Kier alpha value is -1.47. The lowest BCUT2D eigenvalue weighted by atomic mass is 9.95. The zero-order valence-corrected chi connectivity index (χ0v) is 15.2. The van der Waals surface area contributed by atoms with Gasteiger partial charge in [-0.1, -0.05) is 0 Å². The Labute approximate surface area is 146 Å². The summed E-state index contributed by atoms with van der Waals surface area (Å²) in [5.74, 6) is 0.262. The molecule has 24 heavy (non-hydrogen) atoms. The monoisotopic (exact) mass is 351 g/mol. The van der Waals surface area contributed by atoms with Gasteiger partial charge in [0.25, 0.3) is 5.91 Å². The number of aromatic nitrogens is 1. The third kappa shape index (κ3) is 3.95.